The van der Waals surface area contributed by atoms with Gasteiger partial charge >= 0.3 is 0 Å². The Bertz CT molecular complexity index is 571. The molecule has 0 unspecified atom stereocenters. The maximum Gasteiger partial charge on any atom is 0.264 e. The Labute approximate surface area is 114 Å². The number of hydrogen-bond donors (Lipinski definition) is 0. The second-order valence-electron chi connectivity index (χ2n) is 3.91. The van der Waals surface area contributed by atoms with Gasteiger partial charge in [-0.2, -0.15) is 0 Å². The van der Waals surface area contributed by atoms with Gasteiger partial charge in [0, 0.05) is 0 Å². The van der Waals surface area contributed by atoms with E-state index in [4.69, 9.17) is 16.3 Å². The highest BCUT2D eigenvalue weighted by Gasteiger charge is 2.35. The van der Waals surface area contributed by atoms with Gasteiger partial charge in [0.25, 0.3) is 5.91 Å². The van der Waals surface area contributed by atoms with Gasteiger partial charge in [-0.25, -0.2) is 9.29 Å². The van der Waals surface area contributed by atoms with Gasteiger partial charge in [0.15, 0.2) is 0 Å². The number of amides is 2. The lowest BCUT2D eigenvalue weighted by atomic mass is 10.2. The van der Waals surface area contributed by atoms with E-state index in [1.165, 1.54) is 18.4 Å². The van der Waals surface area contributed by atoms with Crippen LogP contribution in [0.15, 0.2) is 30.0 Å². The van der Waals surface area contributed by atoms with E-state index in [0.29, 0.717) is 6.61 Å². The smallest absolute Gasteiger partial charge is 0.264 e. The zero-order valence-corrected chi connectivity index (χ0v) is 10.9. The van der Waals surface area contributed by atoms with Gasteiger partial charge in [0.1, 0.15) is 5.82 Å². The summed E-state index contributed by atoms with van der Waals surface area (Å²) in [4.78, 5) is 24.8. The van der Waals surface area contributed by atoms with Gasteiger partial charge in [0.05, 0.1) is 35.6 Å². The molecule has 1 saturated heterocycles. The molecule has 19 heavy (non-hydrogen) atoms. The van der Waals surface area contributed by atoms with Crippen molar-refractivity contribution in [3.8, 4) is 0 Å². The van der Waals surface area contributed by atoms with Crippen LogP contribution in [0.5, 0.6) is 0 Å². The molecule has 0 radical (unpaired) electrons. The molecule has 1 fully saturated rings. The van der Waals surface area contributed by atoms with Gasteiger partial charge in [-0.05, 0) is 25.1 Å². The van der Waals surface area contributed by atoms with E-state index in [0.717, 1.165) is 11.0 Å². The van der Waals surface area contributed by atoms with Crippen LogP contribution in [-0.2, 0) is 14.3 Å². The largest absolute Gasteiger partial charge is 0.501 e. The van der Waals surface area contributed by atoms with Gasteiger partial charge in [-0.3, -0.25) is 9.59 Å². The molecule has 2 rings (SSSR count). The van der Waals surface area contributed by atoms with E-state index in [-0.39, 0.29) is 22.7 Å². The summed E-state index contributed by atoms with van der Waals surface area (Å²) in [5.74, 6) is -1.46. The molecule has 0 bridgehead atoms. The fourth-order valence-corrected chi connectivity index (χ4v) is 1.91. The van der Waals surface area contributed by atoms with E-state index >= 15 is 0 Å². The minimum Gasteiger partial charge on any atom is -0.501 e. The summed E-state index contributed by atoms with van der Waals surface area (Å²) < 4.78 is 18.1. The van der Waals surface area contributed by atoms with E-state index in [1.807, 2.05) is 0 Å². The summed E-state index contributed by atoms with van der Waals surface area (Å²) in [6.07, 6.45) is 1.25. The number of benzene rings is 1. The Kier molecular flexibility index (Phi) is 3.85. The summed E-state index contributed by atoms with van der Waals surface area (Å²) in [6, 6.07) is 3.69. The number of carbonyl (C=O) groups is 2. The number of nitrogens with zero attached hydrogens (tertiary/aromatic N) is 1. The summed E-state index contributed by atoms with van der Waals surface area (Å²) in [7, 11) is 0. The molecule has 0 spiro atoms. The summed E-state index contributed by atoms with van der Waals surface area (Å²) in [5, 5.41) is -0.139. The Morgan fingerprint density at radius 1 is 1.47 bits per heavy atom. The molecule has 1 aromatic carbocycles. The van der Waals surface area contributed by atoms with Crippen molar-refractivity contribution in [3.05, 3.63) is 40.9 Å². The third-order valence-corrected chi connectivity index (χ3v) is 2.91. The fraction of sp³-hybridized carbons (Fsp3) is 0.231. The lowest BCUT2D eigenvalue weighted by Gasteiger charge is -2.13. The predicted octanol–water partition coefficient (Wildman–Crippen LogP) is 2.66. The first kappa shape index (κ1) is 13.5. The number of imide groups is 1. The van der Waals surface area contributed by atoms with Crippen molar-refractivity contribution in [2.45, 2.75) is 13.3 Å². The van der Waals surface area contributed by atoms with Crippen molar-refractivity contribution >= 4 is 29.1 Å². The Morgan fingerprint density at radius 3 is 2.84 bits per heavy atom. The molecule has 6 heteroatoms. The molecular formula is C13H11ClFNO3. The number of rotatable bonds is 3. The zero-order valence-electron chi connectivity index (χ0n) is 10.2. The molecule has 0 atom stereocenters. The average molecular weight is 284 g/mol. The van der Waals surface area contributed by atoms with Gasteiger partial charge in [-0.15, -0.1) is 0 Å². The first-order valence-corrected chi connectivity index (χ1v) is 6.05. The van der Waals surface area contributed by atoms with Crippen molar-refractivity contribution < 1.29 is 18.7 Å². The Balaban J connectivity index is 2.32. The van der Waals surface area contributed by atoms with E-state index < -0.39 is 17.6 Å². The molecule has 0 aromatic heterocycles. The third kappa shape index (κ3) is 2.61. The molecule has 0 saturated carbocycles. The van der Waals surface area contributed by atoms with Gasteiger partial charge in [0.2, 0.25) is 5.91 Å². The zero-order chi connectivity index (χ0) is 14.0. The fourth-order valence-electron chi connectivity index (χ4n) is 1.74. The Hall–Kier alpha value is -1.88. The highest BCUT2D eigenvalue weighted by Crippen LogP contribution is 2.29. The third-order valence-electron chi connectivity index (χ3n) is 2.62. The molecule has 0 aliphatic carbocycles. The molecular weight excluding hydrogens is 273 g/mol. The quantitative estimate of drug-likeness (QED) is 0.487. The van der Waals surface area contributed by atoms with E-state index in [2.05, 4.69) is 0 Å². The lowest BCUT2D eigenvalue weighted by Crippen LogP contribution is -2.28. The minimum absolute atomic E-state index is 0.0339. The minimum atomic E-state index is -0.602. The van der Waals surface area contributed by atoms with Crippen LogP contribution in [0, 0.1) is 5.82 Å². The van der Waals surface area contributed by atoms with Crippen LogP contribution in [0.3, 0.4) is 0 Å². The van der Waals surface area contributed by atoms with Gasteiger partial charge < -0.3 is 4.74 Å². The highest BCUT2D eigenvalue weighted by atomic mass is 35.5. The first-order valence-electron chi connectivity index (χ1n) is 5.67. The van der Waals surface area contributed by atoms with Crippen molar-refractivity contribution in [3.63, 3.8) is 0 Å². The number of carbonyl (C=O) groups excluding carboxylic acids is 2. The highest BCUT2D eigenvalue weighted by molar-refractivity contribution is 6.32. The van der Waals surface area contributed by atoms with Gasteiger partial charge in [-0.1, -0.05) is 11.6 Å². The number of hydrogen-bond acceptors (Lipinski definition) is 3. The number of ether oxygens (including phenoxy) is 1. The summed E-state index contributed by atoms with van der Waals surface area (Å²) >= 11 is 5.64. The van der Waals surface area contributed by atoms with Crippen molar-refractivity contribution in [2.75, 3.05) is 11.5 Å². The second kappa shape index (κ2) is 5.40. The molecule has 1 aliphatic rings. The van der Waals surface area contributed by atoms with Crippen LogP contribution in [0.2, 0.25) is 5.02 Å². The SMILES string of the molecule is CCO/C=C1/CC(=O)N(c2ccc(F)c(Cl)c2)C1=O. The van der Waals surface area contributed by atoms with Crippen LogP contribution in [0.4, 0.5) is 10.1 Å². The maximum absolute atomic E-state index is 13.1. The van der Waals surface area contributed by atoms with E-state index in [9.17, 15) is 14.0 Å². The van der Waals surface area contributed by atoms with Crippen LogP contribution in [0.25, 0.3) is 0 Å². The number of halogens is 2. The van der Waals surface area contributed by atoms with Crippen molar-refractivity contribution in [1.82, 2.24) is 0 Å². The Morgan fingerprint density at radius 2 is 2.21 bits per heavy atom. The monoisotopic (exact) mass is 283 g/mol. The van der Waals surface area contributed by atoms with E-state index in [1.54, 1.807) is 6.92 Å². The normalized spacial score (nSPS) is 17.4. The lowest BCUT2D eigenvalue weighted by molar-refractivity contribution is -0.120. The molecule has 1 aromatic rings. The van der Waals surface area contributed by atoms with Crippen LogP contribution in [0.1, 0.15) is 13.3 Å². The van der Waals surface area contributed by atoms with Crippen LogP contribution < -0.4 is 4.90 Å². The van der Waals surface area contributed by atoms with Crippen LogP contribution >= 0.6 is 11.6 Å². The van der Waals surface area contributed by atoms with Crippen LogP contribution in [-0.4, -0.2) is 18.4 Å². The summed E-state index contributed by atoms with van der Waals surface area (Å²) in [5.41, 5.74) is 0.522. The molecule has 1 aliphatic heterocycles. The second-order valence-corrected chi connectivity index (χ2v) is 4.32. The molecule has 0 N–H and O–H groups in total. The molecule has 100 valence electrons. The topological polar surface area (TPSA) is 46.6 Å². The first-order chi connectivity index (χ1) is 9.04. The summed E-state index contributed by atoms with van der Waals surface area (Å²) in [6.45, 7) is 2.18. The predicted molar refractivity (Wildman–Crippen MR) is 68.2 cm³/mol. The number of anilines is 1. The van der Waals surface area contributed by atoms with Crippen molar-refractivity contribution in [2.24, 2.45) is 0 Å². The molecule has 2 amide bonds. The average Bonchev–Trinajstić information content (AvgIpc) is 2.65. The van der Waals surface area contributed by atoms with Crippen molar-refractivity contribution in [1.29, 1.82) is 0 Å². The maximum atomic E-state index is 13.1. The standard InChI is InChI=1S/C13H11ClFNO3/c1-2-19-7-8-5-12(17)16(13(8)18)9-3-4-11(15)10(14)6-9/h3-4,6-7H,2,5H2,1H3/b8-7-. The molecule has 4 nitrogen and oxygen atoms in total. The molecule has 1 heterocycles.